The molecule has 1 N–H and O–H groups in total. The molecule has 0 fully saturated rings. The number of halogens is 1. The Hall–Kier alpha value is -1.97. The van der Waals surface area contributed by atoms with E-state index >= 15 is 0 Å². The number of benzene rings is 1. The molecule has 5 nitrogen and oxygen atoms in total. The number of amidine groups is 1. The smallest absolute Gasteiger partial charge is 0.183 e. The van der Waals surface area contributed by atoms with E-state index in [2.05, 4.69) is 15.4 Å². The maximum Gasteiger partial charge on any atom is 0.183 e. The zero-order valence-corrected chi connectivity index (χ0v) is 11.6. The number of nitriles is 1. The van der Waals surface area contributed by atoms with Gasteiger partial charge in [0.25, 0.3) is 0 Å². The first-order chi connectivity index (χ1) is 9.22. The second-order valence-corrected chi connectivity index (χ2v) is 4.71. The summed E-state index contributed by atoms with van der Waals surface area (Å²) in [5, 5.41) is 16.3. The van der Waals surface area contributed by atoms with E-state index < -0.39 is 0 Å². The minimum atomic E-state index is 0.553. The maximum absolute atomic E-state index is 8.56. The van der Waals surface area contributed by atoms with Gasteiger partial charge in [-0.2, -0.15) is 10.4 Å². The Balaban J connectivity index is 2.21. The molecule has 1 aromatic carbocycles. The molecule has 0 aliphatic carbocycles. The van der Waals surface area contributed by atoms with E-state index in [1.807, 2.05) is 36.7 Å². The van der Waals surface area contributed by atoms with Crippen LogP contribution in [0.5, 0.6) is 0 Å². The lowest BCUT2D eigenvalue weighted by Gasteiger charge is -2.02. The standard InChI is InChI=1S/C12H10ClN5S/c1-19-12(15-8-14)17-10-2-4-11(5-3-10)18-7-9(13)6-16-18/h2-7H,1H3,(H,15,17). The van der Waals surface area contributed by atoms with Gasteiger partial charge in [-0.3, -0.25) is 5.32 Å². The van der Waals surface area contributed by atoms with Crippen LogP contribution in [0, 0.1) is 11.5 Å². The summed E-state index contributed by atoms with van der Waals surface area (Å²) in [6.07, 6.45) is 7.01. The van der Waals surface area contributed by atoms with Crippen molar-refractivity contribution in [3.8, 4) is 11.9 Å². The number of nitrogens with one attached hydrogen (secondary N) is 1. The van der Waals surface area contributed by atoms with E-state index in [0.717, 1.165) is 11.4 Å². The van der Waals surface area contributed by atoms with E-state index in [1.165, 1.54) is 11.8 Å². The van der Waals surface area contributed by atoms with Crippen LogP contribution in [0.25, 0.3) is 5.69 Å². The molecule has 19 heavy (non-hydrogen) atoms. The quantitative estimate of drug-likeness (QED) is 0.400. The topological polar surface area (TPSA) is 66.0 Å². The van der Waals surface area contributed by atoms with Crippen LogP contribution in [0.3, 0.4) is 0 Å². The number of hydrogen-bond acceptors (Lipinski definition) is 4. The minimum absolute atomic E-state index is 0.553. The van der Waals surface area contributed by atoms with E-state index in [-0.39, 0.29) is 0 Å². The second-order valence-electron chi connectivity index (χ2n) is 3.48. The second kappa shape index (κ2) is 6.27. The molecule has 2 rings (SSSR count). The summed E-state index contributed by atoms with van der Waals surface area (Å²) in [5.41, 5.74) is 1.65. The zero-order valence-electron chi connectivity index (χ0n) is 10.0. The number of aliphatic imine (C=N–C) groups is 1. The summed E-state index contributed by atoms with van der Waals surface area (Å²) < 4.78 is 1.68. The van der Waals surface area contributed by atoms with Crippen molar-refractivity contribution in [1.82, 2.24) is 15.1 Å². The van der Waals surface area contributed by atoms with E-state index in [1.54, 1.807) is 17.1 Å². The van der Waals surface area contributed by atoms with Crippen LogP contribution in [0.15, 0.2) is 41.7 Å². The highest BCUT2D eigenvalue weighted by atomic mass is 35.5. The van der Waals surface area contributed by atoms with Crippen LogP contribution in [-0.4, -0.2) is 21.2 Å². The lowest BCUT2D eigenvalue weighted by Crippen LogP contribution is -2.12. The number of thioether (sulfide) groups is 1. The van der Waals surface area contributed by atoms with E-state index in [4.69, 9.17) is 16.9 Å². The lowest BCUT2D eigenvalue weighted by atomic mass is 10.3. The Kier molecular flexibility index (Phi) is 4.44. The molecule has 0 atom stereocenters. The van der Waals surface area contributed by atoms with Crippen molar-refractivity contribution >= 4 is 34.2 Å². The predicted molar refractivity (Wildman–Crippen MR) is 77.9 cm³/mol. The zero-order chi connectivity index (χ0) is 13.7. The highest BCUT2D eigenvalue weighted by Crippen LogP contribution is 2.18. The molecule has 1 heterocycles. The largest absolute Gasteiger partial charge is 0.271 e. The maximum atomic E-state index is 8.56. The average Bonchev–Trinajstić information content (AvgIpc) is 2.86. The Bertz CT molecular complexity index is 626. The van der Waals surface area contributed by atoms with Gasteiger partial charge in [-0.1, -0.05) is 23.4 Å². The summed E-state index contributed by atoms with van der Waals surface area (Å²) in [4.78, 5) is 4.30. The Morgan fingerprint density at radius 2 is 2.21 bits per heavy atom. The molecule has 7 heteroatoms. The number of nitrogens with zero attached hydrogens (tertiary/aromatic N) is 4. The predicted octanol–water partition coefficient (Wildman–Crippen LogP) is 2.95. The number of rotatable bonds is 2. The molecule has 0 radical (unpaired) electrons. The fraction of sp³-hybridized carbons (Fsp3) is 0.0833. The molecule has 0 saturated heterocycles. The monoisotopic (exact) mass is 291 g/mol. The van der Waals surface area contributed by atoms with Crippen LogP contribution in [0.2, 0.25) is 5.02 Å². The van der Waals surface area contributed by atoms with Crippen LogP contribution in [0.4, 0.5) is 5.69 Å². The molecule has 0 amide bonds. The van der Waals surface area contributed by atoms with Gasteiger partial charge in [0.1, 0.15) is 0 Å². The minimum Gasteiger partial charge on any atom is -0.271 e. The van der Waals surface area contributed by atoms with Gasteiger partial charge < -0.3 is 0 Å². The van der Waals surface area contributed by atoms with Crippen molar-refractivity contribution in [3.63, 3.8) is 0 Å². The SMILES string of the molecule is CSC(=Nc1ccc(-n2cc(Cl)cn2)cc1)NC#N. The molecule has 0 saturated carbocycles. The van der Waals surface area contributed by atoms with Gasteiger partial charge in [0.15, 0.2) is 11.4 Å². The highest BCUT2D eigenvalue weighted by molar-refractivity contribution is 8.13. The van der Waals surface area contributed by atoms with Gasteiger partial charge in [0, 0.05) is 6.20 Å². The summed E-state index contributed by atoms with van der Waals surface area (Å²) in [6, 6.07) is 7.46. The van der Waals surface area contributed by atoms with Gasteiger partial charge in [-0.25, -0.2) is 9.67 Å². The van der Waals surface area contributed by atoms with Crippen LogP contribution in [0.1, 0.15) is 0 Å². The number of aromatic nitrogens is 2. The number of hydrogen-bond donors (Lipinski definition) is 1. The Morgan fingerprint density at radius 3 is 2.74 bits per heavy atom. The van der Waals surface area contributed by atoms with Crippen molar-refractivity contribution < 1.29 is 0 Å². The van der Waals surface area contributed by atoms with Gasteiger partial charge >= 0.3 is 0 Å². The molecular formula is C12H10ClN5S. The molecule has 1 aromatic heterocycles. The molecule has 0 spiro atoms. The van der Waals surface area contributed by atoms with Crippen LogP contribution in [-0.2, 0) is 0 Å². The van der Waals surface area contributed by atoms with Crippen molar-refractivity contribution in [2.75, 3.05) is 6.26 Å². The first kappa shape index (κ1) is 13.5. The third-order valence-corrected chi connectivity index (χ3v) is 3.03. The fourth-order valence-corrected chi connectivity index (χ4v) is 1.89. The molecule has 0 aliphatic heterocycles. The normalized spacial score (nSPS) is 11.1. The molecule has 2 aromatic rings. The average molecular weight is 292 g/mol. The summed E-state index contributed by atoms with van der Waals surface area (Å²) in [5.74, 6) is 0. The van der Waals surface area contributed by atoms with Gasteiger partial charge in [0.2, 0.25) is 0 Å². The molecule has 96 valence electrons. The van der Waals surface area contributed by atoms with E-state index in [0.29, 0.717) is 10.2 Å². The van der Waals surface area contributed by atoms with Gasteiger partial charge in [-0.05, 0) is 30.5 Å². The van der Waals surface area contributed by atoms with Crippen LogP contribution < -0.4 is 5.32 Å². The molecule has 0 unspecified atom stereocenters. The van der Waals surface area contributed by atoms with Crippen molar-refractivity contribution in [1.29, 1.82) is 5.26 Å². The van der Waals surface area contributed by atoms with E-state index in [9.17, 15) is 0 Å². The summed E-state index contributed by atoms with van der Waals surface area (Å²) in [7, 11) is 0. The van der Waals surface area contributed by atoms with Crippen molar-refractivity contribution in [2.45, 2.75) is 0 Å². The Morgan fingerprint density at radius 1 is 1.47 bits per heavy atom. The molecule has 0 aliphatic rings. The first-order valence-corrected chi connectivity index (χ1v) is 6.91. The van der Waals surface area contributed by atoms with Gasteiger partial charge in [0.05, 0.1) is 22.6 Å². The molecule has 0 bridgehead atoms. The summed E-state index contributed by atoms with van der Waals surface area (Å²) in [6.45, 7) is 0. The third kappa shape index (κ3) is 3.50. The Labute approximate surface area is 119 Å². The summed E-state index contributed by atoms with van der Waals surface area (Å²) >= 11 is 7.19. The highest BCUT2D eigenvalue weighted by Gasteiger charge is 2.00. The lowest BCUT2D eigenvalue weighted by molar-refractivity contribution is 0.880. The molecular weight excluding hydrogens is 282 g/mol. The van der Waals surface area contributed by atoms with Crippen molar-refractivity contribution in [3.05, 3.63) is 41.7 Å². The fourth-order valence-electron chi connectivity index (χ4n) is 1.41. The van der Waals surface area contributed by atoms with Crippen molar-refractivity contribution in [2.24, 2.45) is 4.99 Å². The van der Waals surface area contributed by atoms with Crippen LogP contribution >= 0.6 is 23.4 Å². The first-order valence-electron chi connectivity index (χ1n) is 5.31. The third-order valence-electron chi connectivity index (χ3n) is 2.25. The van der Waals surface area contributed by atoms with Gasteiger partial charge in [-0.15, -0.1) is 0 Å².